The second-order valence-corrected chi connectivity index (χ2v) is 5.67. The monoisotopic (exact) mass is 354 g/mol. The van der Waals surface area contributed by atoms with Gasteiger partial charge in [0.05, 0.1) is 13.2 Å². The maximum atomic E-state index is 6.13. The molecule has 1 heterocycles. The van der Waals surface area contributed by atoms with Crippen LogP contribution in [0.25, 0.3) is 0 Å². The molecule has 0 aliphatic carbocycles. The van der Waals surface area contributed by atoms with Crippen LogP contribution < -0.4 is 10.1 Å². The van der Waals surface area contributed by atoms with Crippen molar-refractivity contribution in [2.45, 2.75) is 13.0 Å². The van der Waals surface area contributed by atoms with Gasteiger partial charge in [0.2, 0.25) is 0 Å². The number of aromatic nitrogens is 1. The number of nitrogens with one attached hydrogen (secondary N) is 1. The van der Waals surface area contributed by atoms with Crippen LogP contribution >= 0.6 is 27.5 Å². The number of rotatable bonds is 5. The fraction of sp³-hybridized carbons (Fsp3) is 0.267. The molecule has 1 aromatic carbocycles. The molecule has 0 amide bonds. The lowest BCUT2D eigenvalue weighted by Crippen LogP contribution is -2.22. The topological polar surface area (TPSA) is 34.2 Å². The Morgan fingerprint density at radius 1 is 1.35 bits per heavy atom. The SMILES string of the molecule is CCNC(c1cncc(Br)c1)c1cc(Cl)ccc1OC. The second-order valence-electron chi connectivity index (χ2n) is 4.31. The van der Waals surface area contributed by atoms with Gasteiger partial charge in [-0.2, -0.15) is 0 Å². The van der Waals surface area contributed by atoms with Gasteiger partial charge in [0.15, 0.2) is 0 Å². The lowest BCUT2D eigenvalue weighted by Gasteiger charge is -2.21. The fourth-order valence-corrected chi connectivity index (χ4v) is 2.69. The van der Waals surface area contributed by atoms with Crippen LogP contribution in [0.3, 0.4) is 0 Å². The quantitative estimate of drug-likeness (QED) is 0.872. The van der Waals surface area contributed by atoms with Crippen LogP contribution in [0.5, 0.6) is 5.75 Å². The summed E-state index contributed by atoms with van der Waals surface area (Å²) in [5.74, 6) is 0.806. The average Bonchev–Trinajstić information content (AvgIpc) is 2.44. The number of ether oxygens (including phenoxy) is 1. The van der Waals surface area contributed by atoms with Gasteiger partial charge in [-0.15, -0.1) is 0 Å². The largest absolute Gasteiger partial charge is 0.496 e. The summed E-state index contributed by atoms with van der Waals surface area (Å²) in [6.07, 6.45) is 3.61. The summed E-state index contributed by atoms with van der Waals surface area (Å²) in [7, 11) is 1.66. The predicted octanol–water partition coefficient (Wildman–Crippen LogP) is 4.21. The Bertz CT molecular complexity index is 592. The third-order valence-electron chi connectivity index (χ3n) is 2.97. The summed E-state index contributed by atoms with van der Waals surface area (Å²) in [6.45, 7) is 2.89. The molecule has 0 saturated carbocycles. The van der Waals surface area contributed by atoms with Crippen molar-refractivity contribution < 1.29 is 4.74 Å². The smallest absolute Gasteiger partial charge is 0.124 e. The van der Waals surface area contributed by atoms with Crippen LogP contribution in [0.2, 0.25) is 5.02 Å². The maximum Gasteiger partial charge on any atom is 0.124 e. The van der Waals surface area contributed by atoms with Crippen molar-refractivity contribution in [1.82, 2.24) is 10.3 Å². The summed E-state index contributed by atoms with van der Waals surface area (Å²) in [6, 6.07) is 7.66. The fourth-order valence-electron chi connectivity index (χ4n) is 2.13. The Morgan fingerprint density at radius 2 is 2.15 bits per heavy atom. The van der Waals surface area contributed by atoms with E-state index < -0.39 is 0 Å². The third kappa shape index (κ3) is 3.51. The number of nitrogens with zero attached hydrogens (tertiary/aromatic N) is 1. The summed E-state index contributed by atoms with van der Waals surface area (Å²) < 4.78 is 6.39. The van der Waals surface area contributed by atoms with Crippen LogP contribution in [0.1, 0.15) is 24.1 Å². The van der Waals surface area contributed by atoms with Crippen molar-refractivity contribution in [3.05, 3.63) is 57.3 Å². The van der Waals surface area contributed by atoms with Crippen LogP contribution in [-0.2, 0) is 0 Å². The first-order chi connectivity index (χ1) is 9.65. The Balaban J connectivity index is 2.50. The minimum Gasteiger partial charge on any atom is -0.496 e. The van der Waals surface area contributed by atoms with Gasteiger partial charge in [-0.25, -0.2) is 0 Å². The van der Waals surface area contributed by atoms with Gasteiger partial charge in [-0.3, -0.25) is 4.98 Å². The summed E-state index contributed by atoms with van der Waals surface area (Å²) in [5, 5.41) is 4.13. The normalized spacial score (nSPS) is 12.2. The molecule has 2 rings (SSSR count). The van der Waals surface area contributed by atoms with Crippen molar-refractivity contribution in [2.75, 3.05) is 13.7 Å². The molecule has 0 saturated heterocycles. The van der Waals surface area contributed by atoms with Crippen molar-refractivity contribution in [1.29, 1.82) is 0 Å². The first kappa shape index (κ1) is 15.3. The molecule has 0 bridgehead atoms. The average molecular weight is 356 g/mol. The predicted molar refractivity (Wildman–Crippen MR) is 85.5 cm³/mol. The van der Waals surface area contributed by atoms with E-state index in [2.05, 4.69) is 33.2 Å². The van der Waals surface area contributed by atoms with Gasteiger partial charge >= 0.3 is 0 Å². The number of halogens is 2. The van der Waals surface area contributed by atoms with E-state index in [1.807, 2.05) is 30.5 Å². The first-order valence-electron chi connectivity index (χ1n) is 6.33. The molecule has 0 radical (unpaired) electrons. The first-order valence-corrected chi connectivity index (χ1v) is 7.50. The highest BCUT2D eigenvalue weighted by molar-refractivity contribution is 9.10. The lowest BCUT2D eigenvalue weighted by atomic mass is 9.99. The van der Waals surface area contributed by atoms with Gasteiger partial charge < -0.3 is 10.1 Å². The molecule has 5 heteroatoms. The molecule has 0 fully saturated rings. The molecule has 20 heavy (non-hydrogen) atoms. The van der Waals surface area contributed by atoms with Crippen molar-refractivity contribution >= 4 is 27.5 Å². The molecule has 1 aromatic heterocycles. The highest BCUT2D eigenvalue weighted by Gasteiger charge is 2.18. The molecule has 106 valence electrons. The molecule has 0 aliphatic rings. The van der Waals surface area contributed by atoms with Crippen LogP contribution in [0, 0.1) is 0 Å². The second kappa shape index (κ2) is 7.07. The number of hydrogen-bond donors (Lipinski definition) is 1. The Morgan fingerprint density at radius 3 is 2.80 bits per heavy atom. The van der Waals surface area contributed by atoms with E-state index in [-0.39, 0.29) is 6.04 Å². The molecule has 0 aliphatic heterocycles. The Hall–Kier alpha value is -1.10. The number of methoxy groups -OCH3 is 1. The van der Waals surface area contributed by atoms with Gasteiger partial charge in [0.25, 0.3) is 0 Å². The van der Waals surface area contributed by atoms with Crippen molar-refractivity contribution in [2.24, 2.45) is 0 Å². The van der Waals surface area contributed by atoms with Crippen LogP contribution in [0.4, 0.5) is 0 Å². The van der Waals surface area contributed by atoms with Crippen LogP contribution in [-0.4, -0.2) is 18.6 Å². The zero-order valence-electron chi connectivity index (χ0n) is 11.4. The molecule has 2 aromatic rings. The van der Waals surface area contributed by atoms with E-state index in [0.29, 0.717) is 5.02 Å². The van der Waals surface area contributed by atoms with Crippen molar-refractivity contribution in [3.8, 4) is 5.75 Å². The zero-order chi connectivity index (χ0) is 14.5. The van der Waals surface area contributed by atoms with Gasteiger partial charge in [-0.1, -0.05) is 18.5 Å². The highest BCUT2D eigenvalue weighted by atomic mass is 79.9. The minimum atomic E-state index is -0.0151. The van der Waals surface area contributed by atoms with Crippen LogP contribution in [0.15, 0.2) is 41.1 Å². The number of hydrogen-bond acceptors (Lipinski definition) is 3. The minimum absolute atomic E-state index is 0.0151. The molecular weight excluding hydrogens is 340 g/mol. The molecule has 1 atom stereocenters. The van der Waals surface area contributed by atoms with Gasteiger partial charge in [0, 0.05) is 27.5 Å². The van der Waals surface area contributed by atoms with Gasteiger partial charge in [-0.05, 0) is 52.3 Å². The van der Waals surface area contributed by atoms with E-state index in [0.717, 1.165) is 27.9 Å². The third-order valence-corrected chi connectivity index (χ3v) is 3.64. The van der Waals surface area contributed by atoms with E-state index in [9.17, 15) is 0 Å². The van der Waals surface area contributed by atoms with E-state index in [1.165, 1.54) is 0 Å². The maximum absolute atomic E-state index is 6.13. The standard InChI is InChI=1S/C15H16BrClN2O/c1-3-19-15(10-6-11(16)9-18-8-10)13-7-12(17)4-5-14(13)20-2/h4-9,15,19H,3H2,1-2H3. The number of benzene rings is 1. The van der Waals surface area contributed by atoms with E-state index >= 15 is 0 Å². The van der Waals surface area contributed by atoms with Gasteiger partial charge in [0.1, 0.15) is 5.75 Å². The molecule has 1 N–H and O–H groups in total. The molecular formula is C15H16BrClN2O. The Labute approximate surface area is 132 Å². The molecule has 1 unspecified atom stereocenters. The van der Waals surface area contributed by atoms with Crippen molar-refractivity contribution in [3.63, 3.8) is 0 Å². The van der Waals surface area contributed by atoms with E-state index in [4.69, 9.17) is 16.3 Å². The highest BCUT2D eigenvalue weighted by Crippen LogP contribution is 2.32. The number of pyridine rings is 1. The lowest BCUT2D eigenvalue weighted by molar-refractivity contribution is 0.404. The summed E-state index contributed by atoms with van der Waals surface area (Å²) >= 11 is 9.59. The molecule has 0 spiro atoms. The summed E-state index contributed by atoms with van der Waals surface area (Å²) in [4.78, 5) is 4.23. The molecule has 3 nitrogen and oxygen atoms in total. The Kier molecular flexibility index (Phi) is 5.40. The van der Waals surface area contributed by atoms with E-state index in [1.54, 1.807) is 13.3 Å². The summed E-state index contributed by atoms with van der Waals surface area (Å²) in [5.41, 5.74) is 2.06. The zero-order valence-corrected chi connectivity index (χ0v) is 13.7.